The van der Waals surface area contributed by atoms with E-state index in [0.29, 0.717) is 30.7 Å². The smallest absolute Gasteiger partial charge is 0.239 e. The van der Waals surface area contributed by atoms with Crippen molar-refractivity contribution in [1.29, 1.82) is 0 Å². The number of piperazine rings is 1. The molecule has 0 spiro atoms. The number of fused-ring (bicyclic) bond motifs is 2. The standard InChI is InChI=1S/C21H22N8OS/c1-13-4-3-5-14-10-15(19(26-18(13)14)28-9-8-22-17(30)12-28)11-23-20-27-21(31-2)25-16-6-7-24-29(16)20/h3-7,10H,8-9,11-12H2,1-2H3,(H,22,30)(H,23,25,27). The highest BCUT2D eigenvalue weighted by molar-refractivity contribution is 7.98. The van der Waals surface area contributed by atoms with E-state index in [-0.39, 0.29) is 5.91 Å². The summed E-state index contributed by atoms with van der Waals surface area (Å²) in [4.78, 5) is 28.1. The van der Waals surface area contributed by atoms with Crippen LogP contribution in [0.15, 0.2) is 41.7 Å². The Morgan fingerprint density at radius 3 is 2.97 bits per heavy atom. The second-order valence-electron chi connectivity index (χ2n) is 7.38. The lowest BCUT2D eigenvalue weighted by molar-refractivity contribution is -0.120. The van der Waals surface area contributed by atoms with E-state index in [0.717, 1.165) is 40.0 Å². The number of pyridine rings is 1. The summed E-state index contributed by atoms with van der Waals surface area (Å²) < 4.78 is 1.69. The third-order valence-electron chi connectivity index (χ3n) is 5.30. The quantitative estimate of drug-likeness (QED) is 0.462. The molecule has 1 fully saturated rings. The van der Waals surface area contributed by atoms with Gasteiger partial charge in [-0.2, -0.15) is 14.6 Å². The number of amides is 1. The molecule has 0 unspecified atom stereocenters. The molecule has 2 N–H and O–H groups in total. The molecule has 1 aromatic carbocycles. The van der Waals surface area contributed by atoms with E-state index in [1.54, 1.807) is 10.7 Å². The van der Waals surface area contributed by atoms with E-state index in [9.17, 15) is 4.79 Å². The number of aryl methyl sites for hydroxylation is 1. The lowest BCUT2D eigenvalue weighted by atomic mass is 10.1. The third kappa shape index (κ3) is 3.74. The first-order valence-corrected chi connectivity index (χ1v) is 11.3. The van der Waals surface area contributed by atoms with Crippen molar-refractivity contribution in [1.82, 2.24) is 29.9 Å². The number of thioether (sulfide) groups is 1. The Bertz CT molecular complexity index is 1290. The Balaban J connectivity index is 1.55. The maximum Gasteiger partial charge on any atom is 0.239 e. The molecule has 1 aliphatic rings. The summed E-state index contributed by atoms with van der Waals surface area (Å²) in [7, 11) is 0. The van der Waals surface area contributed by atoms with Gasteiger partial charge in [-0.1, -0.05) is 30.0 Å². The third-order valence-corrected chi connectivity index (χ3v) is 5.84. The van der Waals surface area contributed by atoms with Crippen LogP contribution in [0.25, 0.3) is 16.6 Å². The summed E-state index contributed by atoms with van der Waals surface area (Å²) in [5, 5.41) is 12.4. The summed E-state index contributed by atoms with van der Waals surface area (Å²) in [5.74, 6) is 1.45. The first kappa shape index (κ1) is 19.6. The number of carbonyl (C=O) groups excluding carboxylic acids is 1. The van der Waals surface area contributed by atoms with Crippen molar-refractivity contribution >= 4 is 46.0 Å². The number of hydrogen-bond acceptors (Lipinski definition) is 8. The number of carbonyl (C=O) groups is 1. The largest absolute Gasteiger partial charge is 0.353 e. The van der Waals surface area contributed by atoms with Gasteiger partial charge in [0.2, 0.25) is 11.9 Å². The summed E-state index contributed by atoms with van der Waals surface area (Å²) in [6.07, 6.45) is 3.65. The van der Waals surface area contributed by atoms with Crippen molar-refractivity contribution in [3.8, 4) is 0 Å². The number of para-hydroxylation sites is 1. The van der Waals surface area contributed by atoms with Crippen molar-refractivity contribution in [3.05, 3.63) is 47.7 Å². The average molecular weight is 435 g/mol. The fourth-order valence-corrected chi connectivity index (χ4v) is 4.15. The number of rotatable bonds is 5. The van der Waals surface area contributed by atoms with Crippen LogP contribution in [0.5, 0.6) is 0 Å². The number of hydrogen-bond donors (Lipinski definition) is 2. The Hall–Kier alpha value is -3.40. The summed E-state index contributed by atoms with van der Waals surface area (Å²) in [6, 6.07) is 10.1. The first-order valence-electron chi connectivity index (χ1n) is 10.0. The fraction of sp³-hybridized carbons (Fsp3) is 0.286. The van der Waals surface area contributed by atoms with Crippen LogP contribution in [0.2, 0.25) is 0 Å². The second kappa shape index (κ2) is 8.03. The highest BCUT2D eigenvalue weighted by atomic mass is 32.2. The first-order chi connectivity index (χ1) is 15.1. The molecule has 9 nitrogen and oxygen atoms in total. The zero-order chi connectivity index (χ0) is 21.4. The molecule has 31 heavy (non-hydrogen) atoms. The lowest BCUT2D eigenvalue weighted by Gasteiger charge is -2.29. The van der Waals surface area contributed by atoms with E-state index in [1.807, 2.05) is 23.3 Å². The molecular formula is C21H22N8OS. The van der Waals surface area contributed by atoms with Gasteiger partial charge in [0.1, 0.15) is 5.82 Å². The molecule has 0 radical (unpaired) electrons. The highest BCUT2D eigenvalue weighted by Crippen LogP contribution is 2.27. The summed E-state index contributed by atoms with van der Waals surface area (Å²) in [5.41, 5.74) is 3.80. The van der Waals surface area contributed by atoms with Crippen LogP contribution in [0.4, 0.5) is 11.8 Å². The van der Waals surface area contributed by atoms with Crippen LogP contribution in [0.3, 0.4) is 0 Å². The molecule has 0 aliphatic carbocycles. The van der Waals surface area contributed by atoms with Crippen molar-refractivity contribution < 1.29 is 4.79 Å². The Kier molecular flexibility index (Phi) is 5.06. The monoisotopic (exact) mass is 434 g/mol. The van der Waals surface area contributed by atoms with Gasteiger partial charge in [-0.25, -0.2) is 9.97 Å². The molecule has 158 valence electrons. The van der Waals surface area contributed by atoms with E-state index in [4.69, 9.17) is 4.98 Å². The van der Waals surface area contributed by atoms with Gasteiger partial charge in [-0.3, -0.25) is 4.79 Å². The van der Waals surface area contributed by atoms with Gasteiger partial charge in [-0.05, 0) is 24.8 Å². The Labute approximate surface area is 183 Å². The summed E-state index contributed by atoms with van der Waals surface area (Å²) >= 11 is 1.48. The SMILES string of the molecule is CSc1nc(NCc2cc3cccc(C)c3nc2N2CCNC(=O)C2)n2nccc2n1. The van der Waals surface area contributed by atoms with Gasteiger partial charge in [0.15, 0.2) is 10.8 Å². The Morgan fingerprint density at radius 1 is 1.23 bits per heavy atom. The van der Waals surface area contributed by atoms with Gasteiger partial charge in [-0.15, -0.1) is 0 Å². The molecule has 5 rings (SSSR count). The number of anilines is 2. The minimum atomic E-state index is 0.00972. The fourth-order valence-electron chi connectivity index (χ4n) is 3.79. The highest BCUT2D eigenvalue weighted by Gasteiger charge is 2.21. The van der Waals surface area contributed by atoms with Gasteiger partial charge in [0.05, 0.1) is 18.3 Å². The van der Waals surface area contributed by atoms with Gasteiger partial charge < -0.3 is 15.5 Å². The van der Waals surface area contributed by atoms with Crippen LogP contribution in [0.1, 0.15) is 11.1 Å². The number of benzene rings is 1. The van der Waals surface area contributed by atoms with E-state index < -0.39 is 0 Å². The van der Waals surface area contributed by atoms with Crippen LogP contribution >= 0.6 is 11.8 Å². The van der Waals surface area contributed by atoms with Crippen LogP contribution in [-0.2, 0) is 11.3 Å². The van der Waals surface area contributed by atoms with Crippen molar-refractivity contribution in [3.63, 3.8) is 0 Å². The maximum absolute atomic E-state index is 12.0. The van der Waals surface area contributed by atoms with Crippen LogP contribution < -0.4 is 15.5 Å². The molecule has 10 heteroatoms. The molecule has 1 amide bonds. The predicted octanol–water partition coefficient (Wildman–Crippen LogP) is 2.25. The van der Waals surface area contributed by atoms with Gasteiger partial charge in [0.25, 0.3) is 0 Å². The molecule has 4 heterocycles. The second-order valence-corrected chi connectivity index (χ2v) is 8.15. The minimum Gasteiger partial charge on any atom is -0.353 e. The molecule has 0 saturated carbocycles. The van der Waals surface area contributed by atoms with Crippen LogP contribution in [0, 0.1) is 6.92 Å². The van der Waals surface area contributed by atoms with Crippen molar-refractivity contribution in [2.75, 3.05) is 36.1 Å². The molecule has 0 atom stereocenters. The zero-order valence-electron chi connectivity index (χ0n) is 17.3. The minimum absolute atomic E-state index is 0.00972. The lowest BCUT2D eigenvalue weighted by Crippen LogP contribution is -2.48. The average Bonchev–Trinajstić information content (AvgIpc) is 3.26. The van der Waals surface area contributed by atoms with Gasteiger partial charge in [0, 0.05) is 36.7 Å². The van der Waals surface area contributed by atoms with Crippen molar-refractivity contribution in [2.45, 2.75) is 18.6 Å². The van der Waals surface area contributed by atoms with E-state index in [1.165, 1.54) is 11.8 Å². The van der Waals surface area contributed by atoms with Gasteiger partial charge >= 0.3 is 0 Å². The topological polar surface area (TPSA) is 100 Å². The van der Waals surface area contributed by atoms with Crippen molar-refractivity contribution in [2.24, 2.45) is 0 Å². The molecule has 0 bridgehead atoms. The molecular weight excluding hydrogens is 412 g/mol. The maximum atomic E-state index is 12.0. The molecule has 4 aromatic rings. The number of nitrogens with zero attached hydrogens (tertiary/aromatic N) is 6. The predicted molar refractivity (Wildman–Crippen MR) is 122 cm³/mol. The number of aromatic nitrogens is 5. The molecule has 1 saturated heterocycles. The summed E-state index contributed by atoms with van der Waals surface area (Å²) in [6.45, 7) is 4.17. The normalized spacial score (nSPS) is 14.3. The van der Waals surface area contributed by atoms with Crippen LogP contribution in [-0.4, -0.2) is 56.4 Å². The van der Waals surface area contributed by atoms with E-state index >= 15 is 0 Å². The number of nitrogens with one attached hydrogen (secondary N) is 2. The molecule has 1 aliphatic heterocycles. The zero-order valence-corrected chi connectivity index (χ0v) is 18.1. The molecule has 3 aromatic heterocycles. The van der Waals surface area contributed by atoms with E-state index in [2.05, 4.69) is 50.8 Å². The Morgan fingerprint density at radius 2 is 2.13 bits per heavy atom.